The Morgan fingerprint density at radius 2 is 2.05 bits per heavy atom. The Kier molecular flexibility index (Phi) is 5.56. The van der Waals surface area contributed by atoms with Crippen LogP contribution in [-0.4, -0.2) is 30.4 Å². The maximum atomic E-state index is 12.6. The van der Waals surface area contributed by atoms with Gasteiger partial charge in [-0.05, 0) is 53.4 Å². The molecule has 0 heterocycles. The molecule has 0 aliphatic heterocycles. The largest absolute Gasteiger partial charge is 0.338 e. The van der Waals surface area contributed by atoms with E-state index in [9.17, 15) is 4.79 Å². The quantitative estimate of drug-likeness (QED) is 0.903. The molecular weight excluding hydrogens is 304 g/mol. The maximum absolute atomic E-state index is 12.6. The summed E-state index contributed by atoms with van der Waals surface area (Å²) in [6.45, 7) is 10.0. The lowest BCUT2D eigenvalue weighted by Crippen LogP contribution is -2.42. The second kappa shape index (κ2) is 6.53. The number of halogens is 1. The molecule has 19 heavy (non-hydrogen) atoms. The average Bonchev–Trinajstić information content (AvgIpc) is 2.38. The lowest BCUT2D eigenvalue weighted by molar-refractivity contribution is 0.0700. The molecule has 0 aliphatic carbocycles. The normalized spacial score (nSPS) is 11.5. The second-order valence-electron chi connectivity index (χ2n) is 5.62. The van der Waals surface area contributed by atoms with E-state index >= 15 is 0 Å². The van der Waals surface area contributed by atoms with Gasteiger partial charge in [0.1, 0.15) is 0 Å². The lowest BCUT2D eigenvalue weighted by atomic mass is 9.93. The number of aryl methyl sites for hydroxylation is 1. The topological polar surface area (TPSA) is 46.3 Å². The fourth-order valence-electron chi connectivity index (χ4n) is 1.89. The monoisotopic (exact) mass is 326 g/mol. The third kappa shape index (κ3) is 4.05. The first-order valence-corrected chi connectivity index (χ1v) is 7.36. The van der Waals surface area contributed by atoms with Crippen molar-refractivity contribution < 1.29 is 4.79 Å². The van der Waals surface area contributed by atoms with Gasteiger partial charge < -0.3 is 10.6 Å². The zero-order valence-corrected chi connectivity index (χ0v) is 13.8. The first-order chi connectivity index (χ1) is 8.82. The van der Waals surface area contributed by atoms with Gasteiger partial charge in [-0.15, -0.1) is 0 Å². The minimum atomic E-state index is -0.0675. The summed E-state index contributed by atoms with van der Waals surface area (Å²) in [5, 5.41) is 0. The van der Waals surface area contributed by atoms with Crippen molar-refractivity contribution in [3.05, 3.63) is 33.8 Å². The Morgan fingerprint density at radius 1 is 1.42 bits per heavy atom. The molecule has 0 radical (unpaired) electrons. The fourth-order valence-corrected chi connectivity index (χ4v) is 2.33. The highest BCUT2D eigenvalue weighted by atomic mass is 79.9. The Balaban J connectivity index is 2.99. The summed E-state index contributed by atoms with van der Waals surface area (Å²) in [6.07, 6.45) is 0. The third-order valence-electron chi connectivity index (χ3n) is 3.26. The number of rotatable bonds is 5. The van der Waals surface area contributed by atoms with E-state index in [-0.39, 0.29) is 11.3 Å². The van der Waals surface area contributed by atoms with E-state index in [4.69, 9.17) is 5.73 Å². The van der Waals surface area contributed by atoms with E-state index < -0.39 is 0 Å². The average molecular weight is 327 g/mol. The summed E-state index contributed by atoms with van der Waals surface area (Å²) in [7, 11) is 0. The van der Waals surface area contributed by atoms with E-state index in [0.717, 1.165) is 15.6 Å². The van der Waals surface area contributed by atoms with Crippen LogP contribution in [0.5, 0.6) is 0 Å². The fraction of sp³-hybridized carbons (Fsp3) is 0.533. The summed E-state index contributed by atoms with van der Waals surface area (Å²) < 4.78 is 0.879. The van der Waals surface area contributed by atoms with Crippen molar-refractivity contribution in [1.29, 1.82) is 0 Å². The van der Waals surface area contributed by atoms with Gasteiger partial charge in [0.05, 0.1) is 5.56 Å². The molecule has 0 unspecified atom stereocenters. The molecule has 0 spiro atoms. The summed E-state index contributed by atoms with van der Waals surface area (Å²) in [5.74, 6) is 0.0552. The van der Waals surface area contributed by atoms with E-state index in [2.05, 4.69) is 29.8 Å². The van der Waals surface area contributed by atoms with Crippen LogP contribution < -0.4 is 5.73 Å². The number of hydrogen-bond donors (Lipinski definition) is 1. The van der Waals surface area contributed by atoms with Gasteiger partial charge in [-0.1, -0.05) is 26.0 Å². The number of nitrogens with two attached hydrogens (primary N) is 1. The van der Waals surface area contributed by atoms with Crippen LogP contribution in [0.15, 0.2) is 22.7 Å². The minimum Gasteiger partial charge on any atom is -0.338 e. The molecule has 106 valence electrons. The summed E-state index contributed by atoms with van der Waals surface area (Å²) in [4.78, 5) is 14.5. The van der Waals surface area contributed by atoms with Crippen LogP contribution in [0.2, 0.25) is 0 Å². The Hall–Kier alpha value is -0.870. The molecule has 0 bridgehead atoms. The van der Waals surface area contributed by atoms with Crippen LogP contribution in [0, 0.1) is 12.3 Å². The smallest absolute Gasteiger partial charge is 0.255 e. The SMILES string of the molecule is CCN(CC(C)(C)CN)C(=O)c1cccc(C)c1Br. The van der Waals surface area contributed by atoms with Crippen molar-refractivity contribution in [3.63, 3.8) is 0 Å². The van der Waals surface area contributed by atoms with Crippen LogP contribution in [0.1, 0.15) is 36.7 Å². The first-order valence-electron chi connectivity index (χ1n) is 6.57. The molecule has 1 rings (SSSR count). The lowest BCUT2D eigenvalue weighted by Gasteiger charge is -2.31. The molecule has 0 fully saturated rings. The number of carbonyl (C=O) groups excluding carboxylic acids is 1. The highest BCUT2D eigenvalue weighted by molar-refractivity contribution is 9.10. The molecule has 3 nitrogen and oxygen atoms in total. The Bertz CT molecular complexity index is 457. The number of hydrogen-bond acceptors (Lipinski definition) is 2. The summed E-state index contributed by atoms with van der Waals surface area (Å²) >= 11 is 3.50. The van der Waals surface area contributed by atoms with E-state index in [1.807, 2.05) is 36.9 Å². The third-order valence-corrected chi connectivity index (χ3v) is 4.32. The van der Waals surface area contributed by atoms with Gasteiger partial charge in [0.2, 0.25) is 0 Å². The highest BCUT2D eigenvalue weighted by Crippen LogP contribution is 2.24. The van der Waals surface area contributed by atoms with E-state index in [1.54, 1.807) is 0 Å². The second-order valence-corrected chi connectivity index (χ2v) is 6.42. The van der Waals surface area contributed by atoms with Crippen LogP contribution in [0.25, 0.3) is 0 Å². The van der Waals surface area contributed by atoms with Gasteiger partial charge in [0, 0.05) is 17.6 Å². The zero-order chi connectivity index (χ0) is 14.6. The summed E-state index contributed by atoms with van der Waals surface area (Å²) in [6, 6.07) is 5.76. The molecule has 0 atom stereocenters. The number of amides is 1. The zero-order valence-electron chi connectivity index (χ0n) is 12.2. The van der Waals surface area contributed by atoms with Crippen molar-refractivity contribution in [3.8, 4) is 0 Å². The first kappa shape index (κ1) is 16.2. The number of benzene rings is 1. The molecule has 1 amide bonds. The van der Waals surface area contributed by atoms with Gasteiger partial charge in [-0.3, -0.25) is 4.79 Å². The van der Waals surface area contributed by atoms with Gasteiger partial charge in [0.15, 0.2) is 0 Å². The van der Waals surface area contributed by atoms with Crippen molar-refractivity contribution in [2.75, 3.05) is 19.6 Å². The van der Waals surface area contributed by atoms with E-state index in [0.29, 0.717) is 19.6 Å². The molecule has 0 saturated heterocycles. The number of nitrogens with zero attached hydrogens (tertiary/aromatic N) is 1. The van der Waals surface area contributed by atoms with Gasteiger partial charge in [-0.25, -0.2) is 0 Å². The Labute approximate surface area is 124 Å². The molecule has 1 aromatic carbocycles. The molecule has 0 aliphatic rings. The van der Waals surface area contributed by atoms with Crippen molar-refractivity contribution in [1.82, 2.24) is 4.90 Å². The van der Waals surface area contributed by atoms with Crippen LogP contribution in [-0.2, 0) is 0 Å². The Morgan fingerprint density at radius 3 is 2.58 bits per heavy atom. The van der Waals surface area contributed by atoms with Crippen LogP contribution in [0.3, 0.4) is 0 Å². The molecule has 0 aromatic heterocycles. The molecule has 1 aromatic rings. The maximum Gasteiger partial charge on any atom is 0.255 e. The standard InChI is InChI=1S/C15H23BrN2O/c1-5-18(10-15(3,4)9-17)14(19)12-8-6-7-11(2)13(12)16/h6-8H,5,9-10,17H2,1-4H3. The van der Waals surface area contributed by atoms with Crippen LogP contribution >= 0.6 is 15.9 Å². The summed E-state index contributed by atoms with van der Waals surface area (Å²) in [5.41, 5.74) is 7.47. The molecular formula is C15H23BrN2O. The predicted octanol–water partition coefficient (Wildman–Crippen LogP) is 3.20. The molecule has 0 saturated carbocycles. The van der Waals surface area contributed by atoms with Gasteiger partial charge >= 0.3 is 0 Å². The van der Waals surface area contributed by atoms with Crippen molar-refractivity contribution >= 4 is 21.8 Å². The molecule has 4 heteroatoms. The predicted molar refractivity (Wildman–Crippen MR) is 83.3 cm³/mol. The van der Waals surface area contributed by atoms with E-state index in [1.165, 1.54) is 0 Å². The van der Waals surface area contributed by atoms with Crippen molar-refractivity contribution in [2.45, 2.75) is 27.7 Å². The van der Waals surface area contributed by atoms with Gasteiger partial charge in [0.25, 0.3) is 5.91 Å². The van der Waals surface area contributed by atoms with Crippen molar-refractivity contribution in [2.24, 2.45) is 11.1 Å². The van der Waals surface area contributed by atoms with Crippen LogP contribution in [0.4, 0.5) is 0 Å². The molecule has 2 N–H and O–H groups in total. The van der Waals surface area contributed by atoms with Gasteiger partial charge in [-0.2, -0.15) is 0 Å². The highest BCUT2D eigenvalue weighted by Gasteiger charge is 2.24. The minimum absolute atomic E-state index is 0.0552. The number of carbonyl (C=O) groups is 1.